The average Bonchev–Trinajstić information content (AvgIpc) is 3.15. The molecule has 1 saturated heterocycles. The number of aromatic amines is 1. The maximum atomic E-state index is 6.12. The number of hydrogen-bond donors (Lipinski definition) is 1. The highest BCUT2D eigenvalue weighted by Gasteiger charge is 2.36. The first kappa shape index (κ1) is 17.6. The largest absolute Gasteiger partial charge is 0.497 e. The van der Waals surface area contributed by atoms with Crippen LogP contribution in [0.15, 0.2) is 54.7 Å². The molecule has 0 radical (unpaired) electrons. The summed E-state index contributed by atoms with van der Waals surface area (Å²) in [6.07, 6.45) is 7.68. The third-order valence-corrected chi connectivity index (χ3v) is 6.49. The standard InChI is InChI=1S/C24H28N2O2/c1-27-19-5-4-6-20(13-19)28-21-15-26(16-21)18-11-9-17(10-12-18)23-14-25-24-8-3-2-7-22(23)24/h2-8,13-14,17-18,21,25H,9-12,15-16H2,1H3. The summed E-state index contributed by atoms with van der Waals surface area (Å²) in [5.41, 5.74) is 2.77. The number of nitrogens with zero attached hydrogens (tertiary/aromatic N) is 1. The summed E-state index contributed by atoms with van der Waals surface area (Å²) in [6.45, 7) is 2.08. The summed E-state index contributed by atoms with van der Waals surface area (Å²) in [7, 11) is 1.69. The van der Waals surface area contributed by atoms with E-state index in [1.807, 2.05) is 24.3 Å². The molecule has 0 bridgehead atoms. The molecule has 0 unspecified atom stereocenters. The molecule has 3 aromatic rings. The second-order valence-corrected chi connectivity index (χ2v) is 8.17. The SMILES string of the molecule is COc1cccc(OC2CN(C3CCC(c4c[nH]c5ccccc45)CC3)C2)c1. The predicted molar refractivity (Wildman–Crippen MR) is 112 cm³/mol. The van der Waals surface area contributed by atoms with E-state index in [-0.39, 0.29) is 0 Å². The Hall–Kier alpha value is -2.46. The molecule has 4 nitrogen and oxygen atoms in total. The molecular formula is C24H28N2O2. The Kier molecular flexibility index (Phi) is 4.73. The van der Waals surface area contributed by atoms with Crippen LogP contribution in [0.25, 0.3) is 10.9 Å². The van der Waals surface area contributed by atoms with Crippen LogP contribution in [0.1, 0.15) is 37.2 Å². The van der Waals surface area contributed by atoms with Gasteiger partial charge in [0.1, 0.15) is 17.6 Å². The first-order valence-electron chi connectivity index (χ1n) is 10.4. The maximum absolute atomic E-state index is 6.12. The molecular weight excluding hydrogens is 348 g/mol. The summed E-state index contributed by atoms with van der Waals surface area (Å²) in [5.74, 6) is 2.45. The van der Waals surface area contributed by atoms with Gasteiger partial charge >= 0.3 is 0 Å². The van der Waals surface area contributed by atoms with Crippen LogP contribution in [-0.4, -0.2) is 42.2 Å². The van der Waals surface area contributed by atoms with Gasteiger partial charge in [-0.25, -0.2) is 0 Å². The van der Waals surface area contributed by atoms with Crippen LogP contribution in [0.4, 0.5) is 0 Å². The van der Waals surface area contributed by atoms with Crippen LogP contribution >= 0.6 is 0 Å². The number of para-hydroxylation sites is 1. The van der Waals surface area contributed by atoms with Gasteiger partial charge < -0.3 is 14.5 Å². The smallest absolute Gasteiger partial charge is 0.124 e. The Balaban J connectivity index is 1.13. The number of H-pyrrole nitrogens is 1. The van der Waals surface area contributed by atoms with Crippen molar-refractivity contribution in [2.45, 2.75) is 43.7 Å². The minimum atomic E-state index is 0.304. The van der Waals surface area contributed by atoms with E-state index in [4.69, 9.17) is 9.47 Å². The molecule has 0 amide bonds. The lowest BCUT2D eigenvalue weighted by atomic mass is 9.80. The van der Waals surface area contributed by atoms with E-state index in [0.717, 1.165) is 24.6 Å². The van der Waals surface area contributed by atoms with Crippen LogP contribution in [-0.2, 0) is 0 Å². The summed E-state index contributed by atoms with van der Waals surface area (Å²) in [5, 5.41) is 1.40. The van der Waals surface area contributed by atoms with Gasteiger partial charge in [0.25, 0.3) is 0 Å². The zero-order chi connectivity index (χ0) is 18.9. The minimum absolute atomic E-state index is 0.304. The monoisotopic (exact) mass is 376 g/mol. The molecule has 2 aliphatic rings. The molecule has 28 heavy (non-hydrogen) atoms. The van der Waals surface area contributed by atoms with Gasteiger partial charge in [-0.15, -0.1) is 0 Å². The Morgan fingerprint density at radius 2 is 1.71 bits per heavy atom. The zero-order valence-electron chi connectivity index (χ0n) is 16.4. The topological polar surface area (TPSA) is 37.5 Å². The van der Waals surface area contributed by atoms with E-state index in [2.05, 4.69) is 40.3 Å². The van der Waals surface area contributed by atoms with Gasteiger partial charge in [-0.05, 0) is 55.4 Å². The first-order chi connectivity index (χ1) is 13.8. The first-order valence-corrected chi connectivity index (χ1v) is 10.4. The normalized spacial score (nSPS) is 23.5. The van der Waals surface area contributed by atoms with Crippen LogP contribution < -0.4 is 9.47 Å². The average molecular weight is 377 g/mol. The molecule has 0 atom stereocenters. The molecule has 1 aliphatic heterocycles. The number of rotatable bonds is 5. The number of likely N-dealkylation sites (tertiary alicyclic amines) is 1. The second-order valence-electron chi connectivity index (χ2n) is 8.17. The Morgan fingerprint density at radius 3 is 2.54 bits per heavy atom. The van der Waals surface area contributed by atoms with Crippen molar-refractivity contribution in [3.05, 3.63) is 60.3 Å². The van der Waals surface area contributed by atoms with Crippen molar-refractivity contribution in [2.75, 3.05) is 20.2 Å². The minimum Gasteiger partial charge on any atom is -0.497 e. The Labute approximate surface area is 166 Å². The Bertz CT molecular complexity index is 936. The third kappa shape index (κ3) is 3.37. The quantitative estimate of drug-likeness (QED) is 0.683. The molecule has 1 N–H and O–H groups in total. The molecule has 4 heteroatoms. The number of aromatic nitrogens is 1. The lowest BCUT2D eigenvalue weighted by Gasteiger charge is -2.46. The lowest BCUT2D eigenvalue weighted by Crippen LogP contribution is -2.58. The number of ether oxygens (including phenoxy) is 2. The van der Waals surface area contributed by atoms with Crippen molar-refractivity contribution in [1.82, 2.24) is 9.88 Å². The summed E-state index contributed by atoms with van der Waals surface area (Å²) >= 11 is 0. The van der Waals surface area contributed by atoms with Crippen LogP contribution in [0.3, 0.4) is 0 Å². The van der Waals surface area contributed by atoms with Crippen molar-refractivity contribution in [3.63, 3.8) is 0 Å². The molecule has 2 fully saturated rings. The number of hydrogen-bond acceptors (Lipinski definition) is 3. The highest BCUT2D eigenvalue weighted by Crippen LogP contribution is 2.39. The van der Waals surface area contributed by atoms with Crippen LogP contribution in [0, 0.1) is 0 Å². The van der Waals surface area contributed by atoms with Gasteiger partial charge in [0.15, 0.2) is 0 Å². The van der Waals surface area contributed by atoms with E-state index in [9.17, 15) is 0 Å². The third-order valence-electron chi connectivity index (χ3n) is 6.49. The van der Waals surface area contributed by atoms with Crippen LogP contribution in [0.2, 0.25) is 0 Å². The number of fused-ring (bicyclic) bond motifs is 1. The van der Waals surface area contributed by atoms with Gasteiger partial charge in [-0.1, -0.05) is 24.3 Å². The summed E-state index contributed by atoms with van der Waals surface area (Å²) in [6, 6.07) is 17.3. The van der Waals surface area contributed by atoms with E-state index >= 15 is 0 Å². The second kappa shape index (κ2) is 7.51. The fourth-order valence-corrected chi connectivity index (χ4v) is 4.89. The Morgan fingerprint density at radius 1 is 0.929 bits per heavy atom. The van der Waals surface area contributed by atoms with Crippen LogP contribution in [0.5, 0.6) is 11.5 Å². The molecule has 146 valence electrons. The molecule has 2 heterocycles. The lowest BCUT2D eigenvalue weighted by molar-refractivity contribution is -0.0202. The van der Waals surface area contributed by atoms with Gasteiger partial charge in [0.2, 0.25) is 0 Å². The summed E-state index contributed by atoms with van der Waals surface area (Å²) < 4.78 is 11.4. The van der Waals surface area contributed by atoms with E-state index in [0.29, 0.717) is 18.1 Å². The maximum Gasteiger partial charge on any atom is 0.124 e. The highest BCUT2D eigenvalue weighted by atomic mass is 16.5. The fourth-order valence-electron chi connectivity index (χ4n) is 4.89. The van der Waals surface area contributed by atoms with Gasteiger partial charge in [-0.3, -0.25) is 4.90 Å². The molecule has 1 aromatic heterocycles. The van der Waals surface area contributed by atoms with Crippen molar-refractivity contribution in [3.8, 4) is 11.5 Å². The molecule has 5 rings (SSSR count). The molecule has 2 aromatic carbocycles. The molecule has 0 spiro atoms. The van der Waals surface area contributed by atoms with Gasteiger partial charge in [0, 0.05) is 42.3 Å². The van der Waals surface area contributed by atoms with Gasteiger partial charge in [0.05, 0.1) is 7.11 Å². The fraction of sp³-hybridized carbons (Fsp3) is 0.417. The van der Waals surface area contributed by atoms with E-state index in [1.165, 1.54) is 42.1 Å². The van der Waals surface area contributed by atoms with Crippen molar-refractivity contribution in [2.24, 2.45) is 0 Å². The number of nitrogens with one attached hydrogen (secondary N) is 1. The van der Waals surface area contributed by atoms with Gasteiger partial charge in [-0.2, -0.15) is 0 Å². The van der Waals surface area contributed by atoms with Crippen molar-refractivity contribution < 1.29 is 9.47 Å². The van der Waals surface area contributed by atoms with E-state index < -0.39 is 0 Å². The predicted octanol–water partition coefficient (Wildman–Crippen LogP) is 4.97. The van der Waals surface area contributed by atoms with Crippen molar-refractivity contribution >= 4 is 10.9 Å². The number of methoxy groups -OCH3 is 1. The zero-order valence-corrected chi connectivity index (χ0v) is 16.4. The summed E-state index contributed by atoms with van der Waals surface area (Å²) in [4.78, 5) is 6.05. The highest BCUT2D eigenvalue weighted by molar-refractivity contribution is 5.83. The molecule has 1 aliphatic carbocycles. The van der Waals surface area contributed by atoms with E-state index in [1.54, 1.807) is 7.11 Å². The van der Waals surface area contributed by atoms with Crippen molar-refractivity contribution in [1.29, 1.82) is 0 Å². The number of benzene rings is 2. The molecule has 1 saturated carbocycles.